The van der Waals surface area contributed by atoms with Crippen LogP contribution in [-0.2, 0) is 16.4 Å². The zero-order valence-electron chi connectivity index (χ0n) is 11.7. The zero-order chi connectivity index (χ0) is 14.0. The summed E-state index contributed by atoms with van der Waals surface area (Å²) in [6, 6.07) is 5.37. The lowest BCUT2D eigenvalue weighted by molar-refractivity contribution is 0.357. The van der Waals surface area contributed by atoms with Crippen molar-refractivity contribution in [3.8, 4) is 0 Å². The lowest BCUT2D eigenvalue weighted by atomic mass is 9.90. The summed E-state index contributed by atoms with van der Waals surface area (Å²) in [5.41, 5.74) is 2.17. The minimum absolute atomic E-state index is 0.399. The summed E-state index contributed by atoms with van der Waals surface area (Å²) < 4.78 is 27.5. The highest BCUT2D eigenvalue weighted by molar-refractivity contribution is 7.89. The molecule has 0 amide bonds. The summed E-state index contributed by atoms with van der Waals surface area (Å²) in [6.45, 7) is 1.48. The van der Waals surface area contributed by atoms with Crippen LogP contribution in [0.3, 0.4) is 0 Å². The molecule has 5 heteroatoms. The normalized spacial score (nSPS) is 19.6. The van der Waals surface area contributed by atoms with Crippen LogP contribution in [0.15, 0.2) is 23.1 Å². The van der Waals surface area contributed by atoms with Crippen LogP contribution in [0, 0.1) is 5.92 Å². The van der Waals surface area contributed by atoms with Gasteiger partial charge in [-0.3, -0.25) is 0 Å². The highest BCUT2D eigenvalue weighted by atomic mass is 32.2. The van der Waals surface area contributed by atoms with Crippen molar-refractivity contribution in [3.63, 3.8) is 0 Å². The number of hydrogen-bond acceptors (Lipinski definition) is 3. The van der Waals surface area contributed by atoms with Crippen molar-refractivity contribution in [2.75, 3.05) is 18.4 Å². The van der Waals surface area contributed by atoms with E-state index in [4.69, 9.17) is 0 Å². The summed E-state index contributed by atoms with van der Waals surface area (Å²) in [5, 5.41) is 3.25. The van der Waals surface area contributed by atoms with E-state index in [0.717, 1.165) is 37.1 Å². The van der Waals surface area contributed by atoms with Crippen molar-refractivity contribution in [1.29, 1.82) is 0 Å². The van der Waals surface area contributed by atoms with Crippen molar-refractivity contribution < 1.29 is 8.42 Å². The molecule has 4 nitrogen and oxygen atoms in total. The van der Waals surface area contributed by atoms with Crippen LogP contribution >= 0.6 is 0 Å². The molecule has 0 spiro atoms. The number of fused-ring (bicyclic) bond motifs is 1. The Kier molecular flexibility index (Phi) is 3.98. The summed E-state index contributed by atoms with van der Waals surface area (Å²) in [5.74, 6) is 0.509. The third-order valence-corrected chi connectivity index (χ3v) is 5.80. The number of anilines is 1. The molecule has 1 aliphatic carbocycles. The Bertz CT molecular complexity index is 578. The molecule has 1 fully saturated rings. The van der Waals surface area contributed by atoms with Gasteiger partial charge in [0.25, 0.3) is 0 Å². The highest BCUT2D eigenvalue weighted by Gasteiger charge is 2.20. The molecular weight excluding hydrogens is 272 g/mol. The van der Waals surface area contributed by atoms with Crippen LogP contribution in [0.25, 0.3) is 0 Å². The molecule has 0 unspecified atom stereocenters. The average molecular weight is 294 g/mol. The van der Waals surface area contributed by atoms with Crippen molar-refractivity contribution in [1.82, 2.24) is 4.72 Å². The van der Waals surface area contributed by atoms with Gasteiger partial charge >= 0.3 is 0 Å². The molecule has 3 rings (SSSR count). The summed E-state index contributed by atoms with van der Waals surface area (Å²) in [7, 11) is -3.36. The van der Waals surface area contributed by atoms with Crippen molar-refractivity contribution >= 4 is 15.7 Å². The average Bonchev–Trinajstić information content (AvgIpc) is 2.94. The Morgan fingerprint density at radius 1 is 1.20 bits per heavy atom. The maximum absolute atomic E-state index is 12.3. The van der Waals surface area contributed by atoms with Crippen LogP contribution in [0.2, 0.25) is 0 Å². The Hall–Kier alpha value is -1.07. The number of benzene rings is 1. The van der Waals surface area contributed by atoms with Crippen molar-refractivity contribution in [2.24, 2.45) is 5.92 Å². The summed E-state index contributed by atoms with van der Waals surface area (Å²) in [4.78, 5) is 0.399. The molecule has 1 saturated carbocycles. The molecule has 110 valence electrons. The lowest BCUT2D eigenvalue weighted by Crippen LogP contribution is -2.30. The van der Waals surface area contributed by atoms with Gasteiger partial charge in [0.2, 0.25) is 10.0 Å². The first-order chi connectivity index (χ1) is 9.65. The fraction of sp³-hybridized carbons (Fsp3) is 0.600. The first-order valence-electron chi connectivity index (χ1n) is 7.52. The van der Waals surface area contributed by atoms with Crippen molar-refractivity contribution in [2.45, 2.75) is 43.4 Å². The molecule has 0 saturated heterocycles. The molecule has 20 heavy (non-hydrogen) atoms. The van der Waals surface area contributed by atoms with Gasteiger partial charge < -0.3 is 5.32 Å². The van der Waals surface area contributed by atoms with E-state index in [1.165, 1.54) is 19.3 Å². The first kappa shape index (κ1) is 13.9. The Balaban J connectivity index is 1.68. The Labute approximate surface area is 121 Å². The van der Waals surface area contributed by atoms with Crippen LogP contribution in [-0.4, -0.2) is 21.5 Å². The van der Waals surface area contributed by atoms with Crippen LogP contribution < -0.4 is 10.0 Å². The molecule has 1 aromatic carbocycles. The third-order valence-electron chi connectivity index (χ3n) is 4.38. The quantitative estimate of drug-likeness (QED) is 0.897. The van der Waals surface area contributed by atoms with Gasteiger partial charge in [0.05, 0.1) is 4.90 Å². The molecule has 2 aliphatic rings. The Morgan fingerprint density at radius 3 is 2.80 bits per heavy atom. The number of hydrogen-bond donors (Lipinski definition) is 2. The predicted molar refractivity (Wildman–Crippen MR) is 80.4 cm³/mol. The van der Waals surface area contributed by atoms with Gasteiger partial charge in [0.15, 0.2) is 0 Å². The second-order valence-electron chi connectivity index (χ2n) is 5.85. The molecular formula is C15H22N2O2S. The molecule has 1 heterocycles. The van der Waals surface area contributed by atoms with E-state index in [9.17, 15) is 8.42 Å². The van der Waals surface area contributed by atoms with Gasteiger partial charge in [0.1, 0.15) is 0 Å². The third kappa shape index (κ3) is 2.99. The monoisotopic (exact) mass is 294 g/mol. The van der Waals surface area contributed by atoms with E-state index in [0.29, 0.717) is 17.4 Å². The number of sulfonamides is 1. The second kappa shape index (κ2) is 5.74. The lowest BCUT2D eigenvalue weighted by Gasteiger charge is -2.21. The predicted octanol–water partition coefficient (Wildman–Crippen LogP) is 2.51. The molecule has 1 aliphatic heterocycles. The standard InChI is InChI=1S/C15H22N2O2S/c18-20(19,17-11-12-4-2-1-3-5-12)14-6-7-15-13(10-14)8-9-16-15/h6-7,10,12,16-17H,1-5,8-9,11H2. The van der Waals surface area contributed by atoms with E-state index in [-0.39, 0.29) is 0 Å². The number of nitrogens with one attached hydrogen (secondary N) is 2. The van der Waals surface area contributed by atoms with Crippen LogP contribution in [0.5, 0.6) is 0 Å². The number of rotatable bonds is 4. The molecule has 0 atom stereocenters. The van der Waals surface area contributed by atoms with E-state index in [2.05, 4.69) is 10.0 Å². The van der Waals surface area contributed by atoms with Gasteiger partial charge in [-0.15, -0.1) is 0 Å². The molecule has 0 aromatic heterocycles. The fourth-order valence-corrected chi connectivity index (χ4v) is 4.32. The summed E-state index contributed by atoms with van der Waals surface area (Å²) >= 11 is 0. The van der Waals surface area contributed by atoms with Gasteiger partial charge in [-0.25, -0.2) is 13.1 Å². The zero-order valence-corrected chi connectivity index (χ0v) is 12.5. The molecule has 0 radical (unpaired) electrons. The fourth-order valence-electron chi connectivity index (χ4n) is 3.15. The minimum atomic E-state index is -3.36. The van der Waals surface area contributed by atoms with E-state index in [1.807, 2.05) is 6.07 Å². The van der Waals surface area contributed by atoms with Gasteiger partial charge in [-0.2, -0.15) is 0 Å². The first-order valence-corrected chi connectivity index (χ1v) is 9.00. The second-order valence-corrected chi connectivity index (χ2v) is 7.62. The van der Waals surface area contributed by atoms with Gasteiger partial charge in [-0.1, -0.05) is 19.3 Å². The van der Waals surface area contributed by atoms with Crippen molar-refractivity contribution in [3.05, 3.63) is 23.8 Å². The van der Waals surface area contributed by atoms with Gasteiger partial charge in [-0.05, 0) is 48.9 Å². The van der Waals surface area contributed by atoms with Crippen LogP contribution in [0.1, 0.15) is 37.7 Å². The van der Waals surface area contributed by atoms with Crippen LogP contribution in [0.4, 0.5) is 5.69 Å². The Morgan fingerprint density at radius 2 is 2.00 bits per heavy atom. The summed E-state index contributed by atoms with van der Waals surface area (Å²) in [6.07, 6.45) is 6.96. The SMILES string of the molecule is O=S(=O)(NCC1CCCCC1)c1ccc2c(c1)CCN2. The largest absolute Gasteiger partial charge is 0.384 e. The topological polar surface area (TPSA) is 58.2 Å². The van der Waals surface area contributed by atoms with E-state index >= 15 is 0 Å². The van der Waals surface area contributed by atoms with E-state index in [1.54, 1.807) is 12.1 Å². The maximum Gasteiger partial charge on any atom is 0.240 e. The maximum atomic E-state index is 12.3. The minimum Gasteiger partial charge on any atom is -0.384 e. The highest BCUT2D eigenvalue weighted by Crippen LogP contribution is 2.26. The molecule has 1 aromatic rings. The van der Waals surface area contributed by atoms with E-state index < -0.39 is 10.0 Å². The van der Waals surface area contributed by atoms with Gasteiger partial charge in [0, 0.05) is 18.8 Å². The molecule has 0 bridgehead atoms. The smallest absolute Gasteiger partial charge is 0.240 e. The molecule has 2 N–H and O–H groups in total.